The number of rotatable bonds is 2. The maximum Gasteiger partial charge on any atom is 0.214 e. The number of carbonyl (C=O) groups excluding carboxylic acids is 1. The first-order valence-corrected chi connectivity index (χ1v) is 5.68. The largest absolute Gasteiger partial charge is 0.303 e. The van der Waals surface area contributed by atoms with Gasteiger partial charge in [0.25, 0.3) is 0 Å². The Morgan fingerprint density at radius 3 is 2.46 bits per heavy atom. The van der Waals surface area contributed by atoms with Crippen LogP contribution >= 0.6 is 0 Å². The van der Waals surface area contributed by atoms with Gasteiger partial charge in [0, 0.05) is 5.92 Å². The van der Waals surface area contributed by atoms with Crippen LogP contribution in [0.5, 0.6) is 0 Å². The first-order chi connectivity index (χ1) is 5.96. The van der Waals surface area contributed by atoms with Crippen LogP contribution in [0.25, 0.3) is 0 Å². The van der Waals surface area contributed by atoms with Crippen LogP contribution in [0.15, 0.2) is 0 Å². The Morgan fingerprint density at radius 2 is 2.00 bits per heavy atom. The molecule has 2 N–H and O–H groups in total. The Hall–Kier alpha value is -0.490. The molecule has 0 aliphatic heterocycles. The Labute approximate surface area is 76.4 Å². The molecule has 0 spiro atoms. The number of carbonyl (C=O) groups is 1. The molecule has 1 aliphatic carbocycles. The molecule has 0 radical (unpaired) electrons. The second-order valence-corrected chi connectivity index (χ2v) is 5.09. The SMILES string of the molecule is NS(=O)(=O)C1CCCC(C=O)C1F. The van der Waals surface area contributed by atoms with Crippen molar-refractivity contribution in [1.82, 2.24) is 0 Å². The molecule has 3 unspecified atom stereocenters. The first kappa shape index (κ1) is 10.6. The minimum absolute atomic E-state index is 0.213. The number of aldehydes is 1. The van der Waals surface area contributed by atoms with Gasteiger partial charge >= 0.3 is 0 Å². The van der Waals surface area contributed by atoms with Gasteiger partial charge in [-0.15, -0.1) is 0 Å². The molecule has 1 saturated carbocycles. The topological polar surface area (TPSA) is 77.2 Å². The van der Waals surface area contributed by atoms with Crippen molar-refractivity contribution in [2.45, 2.75) is 30.7 Å². The lowest BCUT2D eigenvalue weighted by molar-refractivity contribution is -0.113. The number of alkyl halides is 1. The van der Waals surface area contributed by atoms with E-state index in [1.807, 2.05) is 0 Å². The van der Waals surface area contributed by atoms with Gasteiger partial charge in [-0.3, -0.25) is 0 Å². The number of hydrogen-bond donors (Lipinski definition) is 1. The summed E-state index contributed by atoms with van der Waals surface area (Å²) in [5.74, 6) is -0.808. The van der Waals surface area contributed by atoms with Crippen molar-refractivity contribution < 1.29 is 17.6 Å². The van der Waals surface area contributed by atoms with Gasteiger partial charge in [0.1, 0.15) is 17.7 Å². The highest BCUT2D eigenvalue weighted by Gasteiger charge is 2.39. The number of sulfonamides is 1. The molecule has 1 rings (SSSR count). The van der Waals surface area contributed by atoms with Gasteiger partial charge in [-0.05, 0) is 12.8 Å². The molecule has 3 atom stereocenters. The van der Waals surface area contributed by atoms with Gasteiger partial charge in [0.05, 0.1) is 0 Å². The second-order valence-electron chi connectivity index (χ2n) is 3.30. The Balaban J connectivity index is 2.82. The average Bonchev–Trinajstić information content (AvgIpc) is 2.02. The van der Waals surface area contributed by atoms with Crippen molar-refractivity contribution in [1.29, 1.82) is 0 Å². The fraction of sp³-hybridized carbons (Fsp3) is 0.857. The monoisotopic (exact) mass is 209 g/mol. The van der Waals surface area contributed by atoms with Crippen LogP contribution in [-0.4, -0.2) is 26.1 Å². The van der Waals surface area contributed by atoms with E-state index in [4.69, 9.17) is 5.14 Å². The van der Waals surface area contributed by atoms with Crippen LogP contribution in [-0.2, 0) is 14.8 Å². The molecule has 0 saturated heterocycles. The second kappa shape index (κ2) is 3.71. The van der Waals surface area contributed by atoms with Crippen LogP contribution in [0, 0.1) is 5.92 Å². The van der Waals surface area contributed by atoms with Crippen molar-refractivity contribution in [3.05, 3.63) is 0 Å². The van der Waals surface area contributed by atoms with E-state index in [1.165, 1.54) is 0 Å². The van der Waals surface area contributed by atoms with Gasteiger partial charge in [0.2, 0.25) is 10.0 Å². The third-order valence-electron chi connectivity index (χ3n) is 2.39. The Kier molecular flexibility index (Phi) is 3.02. The number of halogens is 1. The van der Waals surface area contributed by atoms with Crippen LogP contribution in [0.2, 0.25) is 0 Å². The maximum absolute atomic E-state index is 13.3. The van der Waals surface area contributed by atoms with Crippen LogP contribution in [0.1, 0.15) is 19.3 Å². The average molecular weight is 209 g/mol. The summed E-state index contributed by atoms with van der Waals surface area (Å²) in [4.78, 5) is 10.4. The molecule has 4 nitrogen and oxygen atoms in total. The number of primary sulfonamides is 1. The summed E-state index contributed by atoms with van der Waals surface area (Å²) in [6.07, 6.45) is -0.00484. The van der Waals surface area contributed by atoms with E-state index >= 15 is 0 Å². The van der Waals surface area contributed by atoms with Crippen LogP contribution < -0.4 is 5.14 Å². The minimum atomic E-state index is -3.85. The van der Waals surface area contributed by atoms with E-state index in [0.717, 1.165) is 0 Å². The van der Waals surface area contributed by atoms with E-state index in [0.29, 0.717) is 19.1 Å². The highest BCUT2D eigenvalue weighted by molar-refractivity contribution is 7.89. The lowest BCUT2D eigenvalue weighted by Gasteiger charge is -2.28. The minimum Gasteiger partial charge on any atom is -0.303 e. The Morgan fingerprint density at radius 1 is 1.38 bits per heavy atom. The van der Waals surface area contributed by atoms with Crippen LogP contribution in [0.4, 0.5) is 4.39 Å². The van der Waals surface area contributed by atoms with Gasteiger partial charge in [-0.1, -0.05) is 6.42 Å². The summed E-state index contributed by atoms with van der Waals surface area (Å²) in [5.41, 5.74) is 0. The lowest BCUT2D eigenvalue weighted by atomic mass is 9.88. The van der Waals surface area contributed by atoms with E-state index in [2.05, 4.69) is 0 Å². The molecule has 76 valence electrons. The zero-order chi connectivity index (χ0) is 10.1. The first-order valence-electron chi connectivity index (χ1n) is 4.08. The molecule has 0 aromatic carbocycles. The third-order valence-corrected chi connectivity index (χ3v) is 3.73. The quantitative estimate of drug-likeness (QED) is 0.649. The van der Waals surface area contributed by atoms with Crippen molar-refractivity contribution >= 4 is 16.3 Å². The molecule has 13 heavy (non-hydrogen) atoms. The molecular formula is C7H12FNO3S. The van der Waals surface area contributed by atoms with Crippen molar-refractivity contribution in [2.75, 3.05) is 0 Å². The van der Waals surface area contributed by atoms with E-state index in [9.17, 15) is 17.6 Å². The van der Waals surface area contributed by atoms with Gasteiger partial charge < -0.3 is 4.79 Å². The third kappa shape index (κ3) is 2.25. The normalized spacial score (nSPS) is 35.7. The summed E-state index contributed by atoms with van der Waals surface area (Å²) in [6, 6.07) is 0. The summed E-state index contributed by atoms with van der Waals surface area (Å²) >= 11 is 0. The highest BCUT2D eigenvalue weighted by Crippen LogP contribution is 2.29. The summed E-state index contributed by atoms with van der Waals surface area (Å²) in [5, 5.41) is 3.64. The van der Waals surface area contributed by atoms with E-state index in [-0.39, 0.29) is 6.42 Å². The molecule has 0 amide bonds. The molecule has 0 heterocycles. The van der Waals surface area contributed by atoms with Gasteiger partial charge in [-0.2, -0.15) is 0 Å². The van der Waals surface area contributed by atoms with Crippen molar-refractivity contribution in [3.8, 4) is 0 Å². The van der Waals surface area contributed by atoms with Gasteiger partial charge in [0.15, 0.2) is 0 Å². The Bertz CT molecular complexity index is 290. The van der Waals surface area contributed by atoms with Crippen LogP contribution in [0.3, 0.4) is 0 Å². The molecule has 1 fully saturated rings. The predicted molar refractivity (Wildman–Crippen MR) is 45.2 cm³/mol. The zero-order valence-corrected chi connectivity index (χ0v) is 7.84. The van der Waals surface area contributed by atoms with Crippen molar-refractivity contribution in [3.63, 3.8) is 0 Å². The molecule has 0 bridgehead atoms. The number of nitrogens with two attached hydrogens (primary N) is 1. The molecular weight excluding hydrogens is 197 g/mol. The molecule has 0 aromatic rings. The zero-order valence-electron chi connectivity index (χ0n) is 7.02. The smallest absolute Gasteiger partial charge is 0.214 e. The van der Waals surface area contributed by atoms with E-state index in [1.54, 1.807) is 0 Å². The number of hydrogen-bond acceptors (Lipinski definition) is 3. The molecule has 6 heteroatoms. The van der Waals surface area contributed by atoms with Crippen molar-refractivity contribution in [2.24, 2.45) is 11.1 Å². The molecule has 1 aliphatic rings. The summed E-state index contributed by atoms with van der Waals surface area (Å²) in [7, 11) is -3.85. The van der Waals surface area contributed by atoms with Gasteiger partial charge in [-0.25, -0.2) is 17.9 Å². The summed E-state index contributed by atoms with van der Waals surface area (Å²) in [6.45, 7) is 0. The lowest BCUT2D eigenvalue weighted by Crippen LogP contribution is -2.43. The fourth-order valence-corrected chi connectivity index (χ4v) is 2.70. The molecule has 0 aromatic heterocycles. The van der Waals surface area contributed by atoms with E-state index < -0.39 is 27.4 Å². The summed E-state index contributed by atoms with van der Waals surface area (Å²) < 4.78 is 35.1. The standard InChI is InChI=1S/C7H12FNO3S/c8-7-5(4-10)2-1-3-6(7)13(9,11)12/h4-7H,1-3H2,(H2,9,11,12). The highest BCUT2D eigenvalue weighted by atomic mass is 32.2. The maximum atomic E-state index is 13.3. The fourth-order valence-electron chi connectivity index (χ4n) is 1.64. The predicted octanol–water partition coefficient (Wildman–Crippen LogP) is -0.0194.